The Kier molecular flexibility index (Phi) is 8.02. The summed E-state index contributed by atoms with van der Waals surface area (Å²) in [6, 6.07) is 14.0. The van der Waals surface area contributed by atoms with Crippen LogP contribution in [0.15, 0.2) is 48.5 Å². The number of nitrogens with two attached hydrogens (primary N) is 1. The molecule has 0 fully saturated rings. The molecule has 0 atom stereocenters. The molecule has 2 amide bonds. The van der Waals surface area contributed by atoms with Crippen molar-refractivity contribution < 1.29 is 23.9 Å². The van der Waals surface area contributed by atoms with Crippen molar-refractivity contribution in [2.24, 2.45) is 5.73 Å². The summed E-state index contributed by atoms with van der Waals surface area (Å²) >= 11 is 0. The van der Waals surface area contributed by atoms with E-state index in [1.165, 1.54) is 7.11 Å². The number of rotatable bonds is 10. The summed E-state index contributed by atoms with van der Waals surface area (Å²) in [6.07, 6.45) is 0.133. The average molecular weight is 399 g/mol. The van der Waals surface area contributed by atoms with Gasteiger partial charge in [-0.25, -0.2) is 4.79 Å². The normalized spacial score (nSPS) is 10.1. The van der Waals surface area contributed by atoms with E-state index in [0.717, 1.165) is 11.3 Å². The first-order chi connectivity index (χ1) is 13.9. The van der Waals surface area contributed by atoms with Crippen LogP contribution >= 0.6 is 0 Å². The monoisotopic (exact) mass is 399 g/mol. The molecule has 0 bridgehead atoms. The summed E-state index contributed by atoms with van der Waals surface area (Å²) in [6.45, 7) is 0.704. The molecule has 8 heteroatoms. The van der Waals surface area contributed by atoms with Crippen molar-refractivity contribution in [3.05, 3.63) is 59.7 Å². The van der Waals surface area contributed by atoms with E-state index in [-0.39, 0.29) is 18.9 Å². The number of ether oxygens (including phenoxy) is 2. The summed E-state index contributed by atoms with van der Waals surface area (Å²) in [4.78, 5) is 36.8. The summed E-state index contributed by atoms with van der Waals surface area (Å²) in [5, 5.41) is 2.83. The van der Waals surface area contributed by atoms with Gasteiger partial charge in [0.05, 0.1) is 26.3 Å². The van der Waals surface area contributed by atoms with Crippen LogP contribution in [0.3, 0.4) is 0 Å². The molecule has 0 aromatic heterocycles. The van der Waals surface area contributed by atoms with Gasteiger partial charge in [0.1, 0.15) is 5.75 Å². The summed E-state index contributed by atoms with van der Waals surface area (Å²) < 4.78 is 9.80. The second-order valence-electron chi connectivity index (χ2n) is 6.30. The molecule has 0 aliphatic rings. The maximum atomic E-state index is 12.4. The number of esters is 1. The van der Waals surface area contributed by atoms with E-state index in [0.29, 0.717) is 24.4 Å². The third kappa shape index (κ3) is 6.84. The van der Waals surface area contributed by atoms with E-state index in [1.54, 1.807) is 48.4 Å². The molecule has 2 aromatic carbocycles. The Labute approximate surface area is 169 Å². The van der Waals surface area contributed by atoms with Gasteiger partial charge in [0.25, 0.3) is 0 Å². The summed E-state index contributed by atoms with van der Waals surface area (Å²) in [7, 11) is 2.90. The summed E-state index contributed by atoms with van der Waals surface area (Å²) in [5.41, 5.74) is 7.33. The molecule has 0 heterocycles. The molecular formula is C21H25N3O5. The minimum Gasteiger partial charge on any atom is -0.497 e. The van der Waals surface area contributed by atoms with Crippen LogP contribution in [0.5, 0.6) is 5.75 Å². The van der Waals surface area contributed by atoms with Crippen molar-refractivity contribution in [1.82, 2.24) is 5.32 Å². The number of nitrogens with zero attached hydrogens (tertiary/aromatic N) is 1. The zero-order valence-electron chi connectivity index (χ0n) is 16.5. The molecular weight excluding hydrogens is 374 g/mol. The van der Waals surface area contributed by atoms with Crippen LogP contribution < -0.4 is 20.7 Å². The van der Waals surface area contributed by atoms with Gasteiger partial charge in [0.2, 0.25) is 11.8 Å². The lowest BCUT2D eigenvalue weighted by molar-refractivity contribution is -0.120. The van der Waals surface area contributed by atoms with E-state index < -0.39 is 11.9 Å². The van der Waals surface area contributed by atoms with Crippen LogP contribution in [0.2, 0.25) is 0 Å². The van der Waals surface area contributed by atoms with Crippen LogP contribution in [0, 0.1) is 0 Å². The van der Waals surface area contributed by atoms with Crippen LogP contribution in [-0.2, 0) is 20.9 Å². The van der Waals surface area contributed by atoms with Crippen molar-refractivity contribution in [3.63, 3.8) is 0 Å². The number of hydrogen-bond acceptors (Lipinski definition) is 6. The number of hydrogen-bond donors (Lipinski definition) is 2. The lowest BCUT2D eigenvalue weighted by Gasteiger charge is -2.24. The number of methoxy groups -OCH3 is 2. The molecule has 0 saturated carbocycles. The molecule has 0 aliphatic heterocycles. The minimum atomic E-state index is -0.436. The number of carbonyl (C=O) groups excluding carboxylic acids is 3. The quantitative estimate of drug-likeness (QED) is 0.586. The van der Waals surface area contributed by atoms with Crippen LogP contribution in [0.25, 0.3) is 0 Å². The van der Waals surface area contributed by atoms with E-state index >= 15 is 0 Å². The maximum Gasteiger partial charge on any atom is 0.337 e. The molecule has 0 spiro atoms. The molecule has 0 unspecified atom stereocenters. The third-order valence-corrected chi connectivity index (χ3v) is 4.26. The van der Waals surface area contributed by atoms with Gasteiger partial charge in [0, 0.05) is 25.2 Å². The molecule has 0 radical (unpaired) electrons. The van der Waals surface area contributed by atoms with Gasteiger partial charge in [-0.05, 0) is 42.0 Å². The predicted octanol–water partition coefficient (Wildman–Crippen LogP) is 1.48. The minimum absolute atomic E-state index is 0.0693. The van der Waals surface area contributed by atoms with Crippen LogP contribution in [0.4, 0.5) is 5.69 Å². The van der Waals surface area contributed by atoms with Gasteiger partial charge in [-0.2, -0.15) is 0 Å². The van der Waals surface area contributed by atoms with E-state index in [9.17, 15) is 14.4 Å². The zero-order chi connectivity index (χ0) is 21.2. The molecule has 8 nitrogen and oxygen atoms in total. The number of benzene rings is 2. The van der Waals surface area contributed by atoms with Crippen molar-refractivity contribution in [3.8, 4) is 5.75 Å². The molecule has 3 N–H and O–H groups in total. The Hall–Kier alpha value is -3.55. The lowest BCUT2D eigenvalue weighted by atomic mass is 10.1. The largest absolute Gasteiger partial charge is 0.497 e. The third-order valence-electron chi connectivity index (χ3n) is 4.26. The SMILES string of the molecule is COC(=O)c1ccc(CNC(=O)CN(CCC(N)=O)c2ccc(OC)cc2)cc1. The first-order valence-corrected chi connectivity index (χ1v) is 9.04. The first kappa shape index (κ1) is 21.7. The van der Waals surface area contributed by atoms with Gasteiger partial charge >= 0.3 is 5.97 Å². The number of anilines is 1. The zero-order valence-corrected chi connectivity index (χ0v) is 16.5. The van der Waals surface area contributed by atoms with Gasteiger partial charge in [0.15, 0.2) is 0 Å². The molecule has 29 heavy (non-hydrogen) atoms. The Bertz CT molecular complexity index is 834. The fourth-order valence-electron chi connectivity index (χ4n) is 2.64. The fraction of sp³-hybridized carbons (Fsp3) is 0.286. The number of carbonyl (C=O) groups is 3. The predicted molar refractivity (Wildman–Crippen MR) is 109 cm³/mol. The van der Waals surface area contributed by atoms with Gasteiger partial charge in [-0.15, -0.1) is 0 Å². The maximum absolute atomic E-state index is 12.4. The highest BCUT2D eigenvalue weighted by Gasteiger charge is 2.13. The fourth-order valence-corrected chi connectivity index (χ4v) is 2.64. The highest BCUT2D eigenvalue weighted by Crippen LogP contribution is 2.19. The van der Waals surface area contributed by atoms with Gasteiger partial charge in [-0.3, -0.25) is 9.59 Å². The van der Waals surface area contributed by atoms with Gasteiger partial charge < -0.3 is 25.4 Å². The molecule has 2 aromatic rings. The topological polar surface area (TPSA) is 111 Å². The number of primary amides is 1. The highest BCUT2D eigenvalue weighted by molar-refractivity contribution is 5.89. The number of nitrogens with one attached hydrogen (secondary N) is 1. The Balaban J connectivity index is 1.97. The first-order valence-electron chi connectivity index (χ1n) is 9.04. The molecule has 0 saturated heterocycles. The number of amides is 2. The van der Waals surface area contributed by atoms with Crippen molar-refractivity contribution >= 4 is 23.5 Å². The highest BCUT2D eigenvalue weighted by atomic mass is 16.5. The van der Waals surface area contributed by atoms with E-state index in [2.05, 4.69) is 10.1 Å². The Morgan fingerprint density at radius 2 is 1.66 bits per heavy atom. The van der Waals surface area contributed by atoms with Crippen molar-refractivity contribution in [1.29, 1.82) is 0 Å². The molecule has 154 valence electrons. The molecule has 2 rings (SSSR count). The van der Waals surface area contributed by atoms with Crippen molar-refractivity contribution in [2.75, 3.05) is 32.2 Å². The van der Waals surface area contributed by atoms with Gasteiger partial charge in [-0.1, -0.05) is 12.1 Å². The summed E-state index contributed by atoms with van der Waals surface area (Å²) in [5.74, 6) is -0.356. The van der Waals surface area contributed by atoms with E-state index in [1.807, 2.05) is 12.1 Å². The average Bonchev–Trinajstić information content (AvgIpc) is 2.75. The van der Waals surface area contributed by atoms with Crippen LogP contribution in [0.1, 0.15) is 22.3 Å². The second-order valence-corrected chi connectivity index (χ2v) is 6.30. The Morgan fingerprint density at radius 1 is 1.00 bits per heavy atom. The van der Waals surface area contributed by atoms with Crippen LogP contribution in [-0.4, -0.2) is 45.1 Å². The molecule has 0 aliphatic carbocycles. The lowest BCUT2D eigenvalue weighted by Crippen LogP contribution is -2.38. The smallest absolute Gasteiger partial charge is 0.337 e. The van der Waals surface area contributed by atoms with Crippen molar-refractivity contribution in [2.45, 2.75) is 13.0 Å². The Morgan fingerprint density at radius 3 is 2.21 bits per heavy atom. The second kappa shape index (κ2) is 10.7. The van der Waals surface area contributed by atoms with E-state index in [4.69, 9.17) is 10.5 Å². The standard InChI is InChI=1S/C21H25N3O5/c1-28-18-9-7-17(8-10-18)24(12-11-19(22)25)14-20(26)23-13-15-3-5-16(6-4-15)21(27)29-2/h3-10H,11-14H2,1-2H3,(H2,22,25)(H,23,26).